The Morgan fingerprint density at radius 2 is 2.00 bits per heavy atom. The molecule has 1 saturated heterocycles. The van der Waals surface area contributed by atoms with Crippen LogP contribution in [-0.2, 0) is 11.0 Å². The van der Waals surface area contributed by atoms with E-state index in [9.17, 15) is 22.8 Å². The second-order valence-corrected chi connectivity index (χ2v) is 7.57. The van der Waals surface area contributed by atoms with E-state index in [-0.39, 0.29) is 29.6 Å². The number of thioether (sulfide) groups is 1. The Labute approximate surface area is 165 Å². The fourth-order valence-corrected chi connectivity index (χ4v) is 3.93. The highest BCUT2D eigenvalue weighted by Crippen LogP contribution is 2.31. The molecular weight excluding hydrogens is 389 g/mol. The molecule has 1 fully saturated rings. The molecule has 0 bridgehead atoms. The van der Waals surface area contributed by atoms with E-state index in [0.717, 1.165) is 17.2 Å². The molecule has 1 aliphatic rings. The number of ketones is 1. The molecule has 1 aliphatic heterocycles. The van der Waals surface area contributed by atoms with Crippen molar-refractivity contribution < 1.29 is 22.8 Å². The molecule has 0 N–H and O–H groups in total. The molecule has 1 atom stereocenters. The first-order valence-corrected chi connectivity index (χ1v) is 9.86. The number of Topliss-reactive ketones (excluding diaryl/α,β-unsaturated/α-hetero) is 1. The molecule has 0 unspecified atom stereocenters. The van der Waals surface area contributed by atoms with Crippen molar-refractivity contribution in [3.05, 3.63) is 59.8 Å². The third-order valence-corrected chi connectivity index (χ3v) is 5.53. The molecule has 148 valence electrons. The van der Waals surface area contributed by atoms with Crippen LogP contribution in [0.4, 0.5) is 13.2 Å². The van der Waals surface area contributed by atoms with Crippen LogP contribution in [0.15, 0.2) is 53.7 Å². The average Bonchev–Trinajstić information content (AvgIpc) is 2.72. The summed E-state index contributed by atoms with van der Waals surface area (Å²) in [6.07, 6.45) is -1.63. The van der Waals surface area contributed by atoms with Crippen LogP contribution in [0.5, 0.6) is 0 Å². The number of nitrogens with zero attached hydrogens (tertiary/aromatic N) is 2. The van der Waals surface area contributed by atoms with Crippen LogP contribution in [0.3, 0.4) is 0 Å². The first-order chi connectivity index (χ1) is 13.3. The summed E-state index contributed by atoms with van der Waals surface area (Å²) in [5.41, 5.74) is -0.800. The zero-order valence-corrected chi connectivity index (χ0v) is 15.8. The van der Waals surface area contributed by atoms with Gasteiger partial charge >= 0.3 is 6.18 Å². The number of amides is 1. The van der Waals surface area contributed by atoms with Crippen LogP contribution < -0.4 is 0 Å². The predicted octanol–water partition coefficient (Wildman–Crippen LogP) is 4.31. The second kappa shape index (κ2) is 8.77. The first kappa shape index (κ1) is 20.4. The van der Waals surface area contributed by atoms with Gasteiger partial charge in [0.15, 0.2) is 5.78 Å². The van der Waals surface area contributed by atoms with E-state index >= 15 is 0 Å². The predicted molar refractivity (Wildman–Crippen MR) is 100 cm³/mol. The van der Waals surface area contributed by atoms with Crippen molar-refractivity contribution in [2.45, 2.75) is 24.0 Å². The van der Waals surface area contributed by atoms with Crippen LogP contribution in [0.25, 0.3) is 0 Å². The molecule has 8 heteroatoms. The van der Waals surface area contributed by atoms with Gasteiger partial charge in [-0.1, -0.05) is 30.0 Å². The Hall–Kier alpha value is -2.35. The summed E-state index contributed by atoms with van der Waals surface area (Å²) < 4.78 is 38.7. The third kappa shape index (κ3) is 5.13. The van der Waals surface area contributed by atoms with Gasteiger partial charge in [-0.15, -0.1) is 0 Å². The summed E-state index contributed by atoms with van der Waals surface area (Å²) in [6, 6.07) is 9.92. The maximum Gasteiger partial charge on any atom is 0.416 e. The number of hydrogen-bond acceptors (Lipinski definition) is 4. The minimum absolute atomic E-state index is 0.0389. The van der Waals surface area contributed by atoms with E-state index in [2.05, 4.69) is 4.98 Å². The lowest BCUT2D eigenvalue weighted by Gasteiger charge is -2.32. The maximum absolute atomic E-state index is 12.9. The Kier molecular flexibility index (Phi) is 6.39. The number of piperidine rings is 1. The number of benzene rings is 1. The maximum atomic E-state index is 12.9. The molecule has 3 rings (SSSR count). The number of aromatic nitrogens is 1. The van der Waals surface area contributed by atoms with Crippen molar-refractivity contribution in [3.63, 3.8) is 0 Å². The number of halogens is 3. The number of likely N-dealkylation sites (tertiary alicyclic amines) is 1. The molecule has 0 aliphatic carbocycles. The highest BCUT2D eigenvalue weighted by Gasteiger charge is 2.33. The molecule has 1 aromatic carbocycles. The summed E-state index contributed by atoms with van der Waals surface area (Å²) in [4.78, 5) is 31.0. The van der Waals surface area contributed by atoms with Crippen LogP contribution in [0.1, 0.15) is 28.8 Å². The quantitative estimate of drug-likeness (QED) is 0.546. The van der Waals surface area contributed by atoms with Gasteiger partial charge in [0.2, 0.25) is 5.91 Å². The minimum Gasteiger partial charge on any atom is -0.341 e. The smallest absolute Gasteiger partial charge is 0.341 e. The zero-order chi connectivity index (χ0) is 20.1. The van der Waals surface area contributed by atoms with Crippen LogP contribution in [0, 0.1) is 5.92 Å². The van der Waals surface area contributed by atoms with Crippen molar-refractivity contribution >= 4 is 23.5 Å². The van der Waals surface area contributed by atoms with E-state index < -0.39 is 17.7 Å². The lowest BCUT2D eigenvalue weighted by molar-refractivity contribution is -0.137. The van der Waals surface area contributed by atoms with Gasteiger partial charge in [-0.25, -0.2) is 4.98 Å². The minimum atomic E-state index is -4.49. The molecule has 0 spiro atoms. The Morgan fingerprint density at radius 1 is 1.18 bits per heavy atom. The number of hydrogen-bond donors (Lipinski definition) is 0. The SMILES string of the molecule is O=C(c1cccc(C(F)(F)F)c1)[C@H]1CCCN(C(=O)CSc2ccccn2)C1. The molecule has 4 nitrogen and oxygen atoms in total. The summed E-state index contributed by atoms with van der Waals surface area (Å²) in [5, 5.41) is 0.740. The molecule has 0 radical (unpaired) electrons. The van der Waals surface area contributed by atoms with Crippen LogP contribution in [0.2, 0.25) is 0 Å². The van der Waals surface area contributed by atoms with Crippen molar-refractivity contribution in [1.82, 2.24) is 9.88 Å². The lowest BCUT2D eigenvalue weighted by Crippen LogP contribution is -2.43. The van der Waals surface area contributed by atoms with Gasteiger partial charge in [-0.05, 0) is 37.1 Å². The Bertz CT molecular complexity index is 843. The van der Waals surface area contributed by atoms with E-state index in [1.165, 1.54) is 23.9 Å². The third-order valence-electron chi connectivity index (χ3n) is 4.60. The topological polar surface area (TPSA) is 50.3 Å². The molecule has 28 heavy (non-hydrogen) atoms. The Morgan fingerprint density at radius 3 is 2.71 bits per heavy atom. The largest absolute Gasteiger partial charge is 0.416 e. The van der Waals surface area contributed by atoms with E-state index in [1.807, 2.05) is 12.1 Å². The van der Waals surface area contributed by atoms with Gasteiger partial charge in [-0.2, -0.15) is 13.2 Å². The summed E-state index contributed by atoms with van der Waals surface area (Å²) >= 11 is 1.32. The van der Waals surface area contributed by atoms with Gasteiger partial charge in [0.05, 0.1) is 16.3 Å². The molecule has 2 heterocycles. The monoisotopic (exact) mass is 408 g/mol. The normalized spacial score (nSPS) is 17.4. The number of carbonyl (C=O) groups is 2. The molecule has 1 amide bonds. The highest BCUT2D eigenvalue weighted by molar-refractivity contribution is 7.99. The Balaban J connectivity index is 1.62. The van der Waals surface area contributed by atoms with Gasteiger partial charge < -0.3 is 4.90 Å². The van der Waals surface area contributed by atoms with Crippen molar-refractivity contribution in [2.24, 2.45) is 5.92 Å². The van der Waals surface area contributed by atoms with Crippen LogP contribution in [-0.4, -0.2) is 40.4 Å². The molecule has 2 aromatic rings. The second-order valence-electron chi connectivity index (χ2n) is 6.58. The zero-order valence-electron chi connectivity index (χ0n) is 15.0. The number of rotatable bonds is 5. The number of pyridine rings is 1. The number of alkyl halides is 3. The summed E-state index contributed by atoms with van der Waals surface area (Å²) in [6.45, 7) is 0.782. The fraction of sp³-hybridized carbons (Fsp3) is 0.350. The van der Waals surface area contributed by atoms with Gasteiger partial charge in [0.25, 0.3) is 0 Å². The van der Waals surface area contributed by atoms with Crippen molar-refractivity contribution in [1.29, 1.82) is 0 Å². The molecule has 1 aromatic heterocycles. The lowest BCUT2D eigenvalue weighted by atomic mass is 9.89. The fourth-order valence-electron chi connectivity index (χ4n) is 3.16. The summed E-state index contributed by atoms with van der Waals surface area (Å²) in [7, 11) is 0. The van der Waals surface area contributed by atoms with E-state index in [1.54, 1.807) is 17.2 Å². The van der Waals surface area contributed by atoms with Gasteiger partial charge in [0, 0.05) is 30.8 Å². The molecule has 0 saturated carbocycles. The van der Waals surface area contributed by atoms with Crippen molar-refractivity contribution in [3.8, 4) is 0 Å². The van der Waals surface area contributed by atoms with Crippen LogP contribution >= 0.6 is 11.8 Å². The van der Waals surface area contributed by atoms with Crippen molar-refractivity contribution in [2.75, 3.05) is 18.8 Å². The van der Waals surface area contributed by atoms with Gasteiger partial charge in [-0.3, -0.25) is 9.59 Å². The van der Waals surface area contributed by atoms with E-state index in [4.69, 9.17) is 0 Å². The van der Waals surface area contributed by atoms with E-state index in [0.29, 0.717) is 19.4 Å². The van der Waals surface area contributed by atoms with Gasteiger partial charge in [0.1, 0.15) is 0 Å². The first-order valence-electron chi connectivity index (χ1n) is 8.87. The summed E-state index contributed by atoms with van der Waals surface area (Å²) in [5.74, 6) is -0.721. The standard InChI is InChI=1S/C20H19F3N2O2S/c21-20(22,23)16-7-3-5-14(11-16)19(27)15-6-4-10-25(12-15)18(26)13-28-17-8-1-2-9-24-17/h1-3,5,7-9,11,15H,4,6,10,12-13H2/t15-/m0/s1. The number of carbonyl (C=O) groups excluding carboxylic acids is 2. The average molecular weight is 408 g/mol. The molecular formula is C20H19F3N2O2S. The highest BCUT2D eigenvalue weighted by atomic mass is 32.2.